The van der Waals surface area contributed by atoms with E-state index in [0.29, 0.717) is 5.69 Å². The second-order valence-corrected chi connectivity index (χ2v) is 3.86. The van der Waals surface area contributed by atoms with Crippen LogP contribution in [0.3, 0.4) is 0 Å². The zero-order chi connectivity index (χ0) is 13.3. The predicted molar refractivity (Wildman–Crippen MR) is 63.8 cm³/mol. The summed E-state index contributed by atoms with van der Waals surface area (Å²) in [6.45, 7) is 1.84. The topological polar surface area (TPSA) is 98.2 Å². The lowest BCUT2D eigenvalue weighted by Gasteiger charge is -2.06. The lowest BCUT2D eigenvalue weighted by molar-refractivity contribution is 0.0696. The van der Waals surface area contributed by atoms with Crippen molar-refractivity contribution in [3.63, 3.8) is 0 Å². The molecule has 6 heteroatoms. The monoisotopic (exact) mass is 245 g/mol. The van der Waals surface area contributed by atoms with Gasteiger partial charge in [0, 0.05) is 6.20 Å². The molecule has 1 aromatic carbocycles. The first-order chi connectivity index (χ1) is 8.49. The Morgan fingerprint density at radius 1 is 1.39 bits per heavy atom. The van der Waals surface area contributed by atoms with Gasteiger partial charge in [-0.2, -0.15) is 5.10 Å². The molecule has 0 aliphatic rings. The van der Waals surface area contributed by atoms with Gasteiger partial charge < -0.3 is 10.8 Å². The number of carboxylic acids is 1. The summed E-state index contributed by atoms with van der Waals surface area (Å²) in [4.78, 5) is 22.1. The summed E-state index contributed by atoms with van der Waals surface area (Å²) in [6, 6.07) is 4.88. The third-order valence-corrected chi connectivity index (χ3v) is 2.50. The lowest BCUT2D eigenvalue weighted by Crippen LogP contribution is -2.10. The van der Waals surface area contributed by atoms with Crippen molar-refractivity contribution in [1.82, 2.24) is 9.78 Å². The molecule has 92 valence electrons. The molecular weight excluding hydrogens is 234 g/mol. The maximum atomic E-state index is 11.1. The van der Waals surface area contributed by atoms with Gasteiger partial charge in [0.25, 0.3) is 5.91 Å². The van der Waals surface area contributed by atoms with E-state index in [-0.39, 0.29) is 11.1 Å². The van der Waals surface area contributed by atoms with Gasteiger partial charge in [-0.1, -0.05) is 6.07 Å². The molecule has 0 radical (unpaired) electrons. The predicted octanol–water partition coefficient (Wildman–Crippen LogP) is 0.978. The van der Waals surface area contributed by atoms with Crippen molar-refractivity contribution in [3.05, 3.63) is 47.3 Å². The molecule has 18 heavy (non-hydrogen) atoms. The molecule has 0 aliphatic carbocycles. The normalized spacial score (nSPS) is 10.3. The Morgan fingerprint density at radius 2 is 2.11 bits per heavy atom. The number of aryl methyl sites for hydroxylation is 1. The number of hydrogen-bond donors (Lipinski definition) is 2. The van der Waals surface area contributed by atoms with E-state index in [1.54, 1.807) is 12.1 Å². The summed E-state index contributed by atoms with van der Waals surface area (Å²) >= 11 is 0. The van der Waals surface area contributed by atoms with E-state index >= 15 is 0 Å². The van der Waals surface area contributed by atoms with Gasteiger partial charge in [0.05, 0.1) is 23.0 Å². The second-order valence-electron chi connectivity index (χ2n) is 3.86. The fraction of sp³-hybridized carbons (Fsp3) is 0.0833. The summed E-state index contributed by atoms with van der Waals surface area (Å²) in [7, 11) is 0. The van der Waals surface area contributed by atoms with Crippen molar-refractivity contribution in [2.45, 2.75) is 6.92 Å². The Bertz CT molecular complexity index is 631. The summed E-state index contributed by atoms with van der Waals surface area (Å²) in [5.74, 6) is -1.66. The highest BCUT2D eigenvalue weighted by Crippen LogP contribution is 2.16. The zero-order valence-electron chi connectivity index (χ0n) is 9.62. The Kier molecular flexibility index (Phi) is 2.85. The number of carbonyl (C=O) groups excluding carboxylic acids is 1. The Morgan fingerprint density at radius 3 is 2.67 bits per heavy atom. The first-order valence-electron chi connectivity index (χ1n) is 5.18. The number of carbonyl (C=O) groups is 2. The molecule has 0 spiro atoms. The number of rotatable bonds is 3. The van der Waals surface area contributed by atoms with Gasteiger partial charge in [-0.3, -0.25) is 4.79 Å². The highest BCUT2D eigenvalue weighted by Gasteiger charge is 2.13. The molecule has 0 unspecified atom stereocenters. The molecule has 0 aliphatic heterocycles. The average molecular weight is 245 g/mol. The molecule has 0 atom stereocenters. The standard InChI is InChI=1S/C12H11N3O3/c1-7-2-3-9(12(17)18)10(4-7)15-6-8(5-14-15)11(13)16/h2-6H,1H3,(H2,13,16)(H,17,18). The summed E-state index contributed by atoms with van der Waals surface area (Å²) in [5.41, 5.74) is 6.76. The first kappa shape index (κ1) is 11.8. The first-order valence-corrected chi connectivity index (χ1v) is 5.18. The smallest absolute Gasteiger partial charge is 0.337 e. The average Bonchev–Trinajstić information content (AvgIpc) is 2.77. The van der Waals surface area contributed by atoms with E-state index in [9.17, 15) is 9.59 Å². The highest BCUT2D eigenvalue weighted by atomic mass is 16.4. The zero-order valence-corrected chi connectivity index (χ0v) is 9.62. The van der Waals surface area contributed by atoms with Crippen molar-refractivity contribution in [2.24, 2.45) is 5.73 Å². The van der Waals surface area contributed by atoms with Gasteiger partial charge in [-0.15, -0.1) is 0 Å². The molecule has 1 aromatic heterocycles. The van der Waals surface area contributed by atoms with Crippen molar-refractivity contribution < 1.29 is 14.7 Å². The summed E-state index contributed by atoms with van der Waals surface area (Å²) in [6.07, 6.45) is 2.71. The molecule has 6 nitrogen and oxygen atoms in total. The maximum absolute atomic E-state index is 11.1. The van der Waals surface area contributed by atoms with Crippen LogP contribution in [-0.2, 0) is 0 Å². The van der Waals surface area contributed by atoms with E-state index in [4.69, 9.17) is 10.8 Å². The van der Waals surface area contributed by atoms with Gasteiger partial charge in [-0.05, 0) is 24.6 Å². The SMILES string of the molecule is Cc1ccc(C(=O)O)c(-n2cc(C(N)=O)cn2)c1. The number of aromatic nitrogens is 2. The molecular formula is C12H11N3O3. The molecule has 3 N–H and O–H groups in total. The van der Waals surface area contributed by atoms with Crippen LogP contribution in [-0.4, -0.2) is 26.8 Å². The van der Waals surface area contributed by atoms with Crippen LogP contribution in [0, 0.1) is 6.92 Å². The van der Waals surface area contributed by atoms with E-state index in [0.717, 1.165) is 5.56 Å². The van der Waals surface area contributed by atoms with Gasteiger partial charge in [0.2, 0.25) is 0 Å². The second kappa shape index (κ2) is 4.33. The summed E-state index contributed by atoms with van der Waals surface area (Å²) < 4.78 is 1.33. The fourth-order valence-corrected chi connectivity index (χ4v) is 1.59. The fourth-order valence-electron chi connectivity index (χ4n) is 1.59. The van der Waals surface area contributed by atoms with Crippen LogP contribution in [0.5, 0.6) is 0 Å². The number of primary amides is 1. The largest absolute Gasteiger partial charge is 0.478 e. The van der Waals surface area contributed by atoms with Crippen LogP contribution >= 0.6 is 0 Å². The van der Waals surface area contributed by atoms with Crippen LogP contribution in [0.2, 0.25) is 0 Å². The Balaban J connectivity index is 2.57. The van der Waals surface area contributed by atoms with Crippen molar-refractivity contribution in [3.8, 4) is 5.69 Å². The minimum Gasteiger partial charge on any atom is -0.478 e. The van der Waals surface area contributed by atoms with E-state index < -0.39 is 11.9 Å². The molecule has 0 saturated heterocycles. The van der Waals surface area contributed by atoms with E-state index in [2.05, 4.69) is 5.10 Å². The van der Waals surface area contributed by atoms with Gasteiger partial charge in [0.15, 0.2) is 0 Å². The van der Waals surface area contributed by atoms with Crippen molar-refractivity contribution in [1.29, 1.82) is 0 Å². The number of aromatic carboxylic acids is 1. The summed E-state index contributed by atoms with van der Waals surface area (Å²) in [5, 5.41) is 13.0. The molecule has 1 heterocycles. The van der Waals surface area contributed by atoms with Gasteiger partial charge in [-0.25, -0.2) is 9.48 Å². The van der Waals surface area contributed by atoms with Crippen LogP contribution < -0.4 is 5.73 Å². The Hall–Kier alpha value is -2.63. The minimum absolute atomic E-state index is 0.111. The molecule has 2 rings (SSSR count). The number of carboxylic acid groups (broad SMARTS) is 1. The number of nitrogens with zero attached hydrogens (tertiary/aromatic N) is 2. The number of hydrogen-bond acceptors (Lipinski definition) is 3. The van der Waals surface area contributed by atoms with Gasteiger partial charge >= 0.3 is 5.97 Å². The molecule has 2 aromatic rings. The third kappa shape index (κ3) is 2.08. The minimum atomic E-state index is -1.05. The number of nitrogens with two attached hydrogens (primary N) is 1. The molecule has 0 fully saturated rings. The molecule has 0 saturated carbocycles. The Labute approximate surface area is 103 Å². The van der Waals surface area contributed by atoms with Gasteiger partial charge in [0.1, 0.15) is 0 Å². The molecule has 0 bridgehead atoms. The van der Waals surface area contributed by atoms with Crippen LogP contribution in [0.15, 0.2) is 30.6 Å². The molecule has 1 amide bonds. The highest BCUT2D eigenvalue weighted by molar-refractivity contribution is 5.93. The quantitative estimate of drug-likeness (QED) is 0.841. The van der Waals surface area contributed by atoms with Crippen molar-refractivity contribution in [2.75, 3.05) is 0 Å². The van der Waals surface area contributed by atoms with Crippen LogP contribution in [0.4, 0.5) is 0 Å². The van der Waals surface area contributed by atoms with E-state index in [1.807, 2.05) is 6.92 Å². The van der Waals surface area contributed by atoms with Crippen LogP contribution in [0.25, 0.3) is 5.69 Å². The number of amides is 1. The van der Waals surface area contributed by atoms with Crippen LogP contribution in [0.1, 0.15) is 26.3 Å². The number of benzene rings is 1. The lowest BCUT2D eigenvalue weighted by atomic mass is 10.1. The maximum Gasteiger partial charge on any atom is 0.337 e. The third-order valence-electron chi connectivity index (χ3n) is 2.50. The van der Waals surface area contributed by atoms with Crippen molar-refractivity contribution >= 4 is 11.9 Å². The van der Waals surface area contributed by atoms with E-state index in [1.165, 1.54) is 23.1 Å².